The molecule has 0 unspecified atom stereocenters. The van der Waals surface area contributed by atoms with Crippen molar-refractivity contribution in [1.29, 1.82) is 0 Å². The van der Waals surface area contributed by atoms with E-state index in [0.717, 1.165) is 37.9 Å². The molecule has 0 aliphatic heterocycles. The monoisotopic (exact) mass is 389 g/mol. The highest BCUT2D eigenvalue weighted by Crippen LogP contribution is 2.26. The van der Waals surface area contributed by atoms with Gasteiger partial charge in [0.2, 0.25) is 0 Å². The summed E-state index contributed by atoms with van der Waals surface area (Å²) in [5.74, 6) is 0. The maximum Gasteiger partial charge on any atom is 0.0465 e. The maximum atomic E-state index is 6.10. The zero-order chi connectivity index (χ0) is 18.6. The second-order valence-electron chi connectivity index (χ2n) is 6.27. The molecule has 0 aliphatic rings. The summed E-state index contributed by atoms with van der Waals surface area (Å²) < 4.78 is 0. The summed E-state index contributed by atoms with van der Waals surface area (Å²) in [6, 6.07) is 23.9. The number of para-hydroxylation sites is 1. The molecule has 1 aromatic heterocycles. The zero-order valence-electron chi connectivity index (χ0n) is 14.5. The Morgan fingerprint density at radius 1 is 0.630 bits per heavy atom. The number of aromatic nitrogens is 1. The number of H-pyrrole nitrogens is 1. The van der Waals surface area contributed by atoms with Gasteiger partial charge in [0.1, 0.15) is 0 Å². The van der Waals surface area contributed by atoms with Crippen molar-refractivity contribution < 1.29 is 0 Å². The summed E-state index contributed by atoms with van der Waals surface area (Å²) in [6.45, 7) is 0. The average Bonchev–Trinajstić information content (AvgIpc) is 3.02. The van der Waals surface area contributed by atoms with Gasteiger partial charge in [-0.1, -0.05) is 83.9 Å². The van der Waals surface area contributed by atoms with E-state index in [4.69, 9.17) is 23.2 Å². The van der Waals surface area contributed by atoms with Crippen LogP contribution in [0.4, 0.5) is 0 Å². The van der Waals surface area contributed by atoms with Crippen LogP contribution in [0.25, 0.3) is 35.2 Å². The molecule has 0 fully saturated rings. The van der Waals surface area contributed by atoms with E-state index in [-0.39, 0.29) is 0 Å². The summed E-state index contributed by atoms with van der Waals surface area (Å²) in [5, 5.41) is 2.65. The molecule has 1 N–H and O–H groups in total. The lowest BCUT2D eigenvalue weighted by Gasteiger charge is -1.98. The Bertz CT molecular complexity index is 1150. The molecule has 0 bridgehead atoms. The Morgan fingerprint density at radius 3 is 1.93 bits per heavy atom. The Labute approximate surface area is 168 Å². The van der Waals surface area contributed by atoms with Gasteiger partial charge in [0.05, 0.1) is 0 Å². The van der Waals surface area contributed by atoms with E-state index in [1.807, 2.05) is 54.6 Å². The fourth-order valence-electron chi connectivity index (χ4n) is 3.08. The van der Waals surface area contributed by atoms with Gasteiger partial charge in [-0.25, -0.2) is 0 Å². The van der Waals surface area contributed by atoms with E-state index >= 15 is 0 Å². The van der Waals surface area contributed by atoms with Gasteiger partial charge >= 0.3 is 0 Å². The molecule has 3 aromatic carbocycles. The fraction of sp³-hybridized carbons (Fsp3) is 0. The van der Waals surface area contributed by atoms with Gasteiger partial charge in [0.15, 0.2) is 0 Å². The third kappa shape index (κ3) is 4.16. The molecule has 4 aromatic rings. The van der Waals surface area contributed by atoms with E-state index < -0.39 is 0 Å². The first-order valence-corrected chi connectivity index (χ1v) is 9.43. The van der Waals surface area contributed by atoms with Crippen molar-refractivity contribution in [3.63, 3.8) is 0 Å². The van der Waals surface area contributed by atoms with E-state index in [0.29, 0.717) is 0 Å². The van der Waals surface area contributed by atoms with Gasteiger partial charge in [0, 0.05) is 32.2 Å². The number of aromatic amines is 1. The van der Waals surface area contributed by atoms with Crippen LogP contribution in [0.2, 0.25) is 10.0 Å². The number of rotatable bonds is 4. The standard InChI is InChI=1S/C24H17Cl2N/c25-19-7-3-5-17(15-19)11-13-22-21-9-1-2-10-23(21)27-24(22)14-12-18-6-4-8-20(26)16-18/h1-16,27H/b13-11+,14-12+. The largest absolute Gasteiger partial charge is 0.355 e. The van der Waals surface area contributed by atoms with E-state index in [2.05, 4.69) is 47.5 Å². The molecular weight excluding hydrogens is 373 g/mol. The van der Waals surface area contributed by atoms with Gasteiger partial charge in [-0.05, 0) is 47.5 Å². The minimum Gasteiger partial charge on any atom is -0.355 e. The molecule has 0 amide bonds. The molecule has 4 rings (SSSR count). The van der Waals surface area contributed by atoms with Crippen LogP contribution >= 0.6 is 23.2 Å². The average molecular weight is 390 g/mol. The van der Waals surface area contributed by atoms with Crippen molar-refractivity contribution >= 4 is 58.4 Å². The third-order valence-electron chi connectivity index (χ3n) is 4.36. The summed E-state index contributed by atoms with van der Waals surface area (Å²) in [7, 11) is 0. The first-order chi connectivity index (χ1) is 13.2. The number of fused-ring (bicyclic) bond motifs is 1. The molecule has 1 heterocycles. The number of hydrogen-bond donors (Lipinski definition) is 1. The Morgan fingerprint density at radius 2 is 1.26 bits per heavy atom. The minimum absolute atomic E-state index is 0.731. The quantitative estimate of drug-likeness (QED) is 0.366. The summed E-state index contributed by atoms with van der Waals surface area (Å²) >= 11 is 12.2. The number of benzene rings is 3. The SMILES string of the molecule is Clc1cccc(/C=C/c2[nH]c3ccccc3c2/C=C/c2cccc(Cl)c2)c1. The second-order valence-corrected chi connectivity index (χ2v) is 7.15. The second kappa shape index (κ2) is 7.87. The molecule has 0 saturated carbocycles. The first-order valence-electron chi connectivity index (χ1n) is 8.67. The Hall–Kier alpha value is -2.74. The fourth-order valence-corrected chi connectivity index (χ4v) is 3.47. The van der Waals surface area contributed by atoms with Crippen LogP contribution in [-0.2, 0) is 0 Å². The lowest BCUT2D eigenvalue weighted by atomic mass is 10.1. The predicted octanol–water partition coefficient (Wildman–Crippen LogP) is 7.82. The van der Waals surface area contributed by atoms with Crippen LogP contribution in [0.1, 0.15) is 22.4 Å². The van der Waals surface area contributed by atoms with Crippen LogP contribution in [0.5, 0.6) is 0 Å². The van der Waals surface area contributed by atoms with E-state index in [1.165, 1.54) is 5.39 Å². The highest BCUT2D eigenvalue weighted by molar-refractivity contribution is 6.31. The lowest BCUT2D eigenvalue weighted by molar-refractivity contribution is 1.42. The lowest BCUT2D eigenvalue weighted by Crippen LogP contribution is -1.78. The molecule has 0 aliphatic carbocycles. The molecule has 0 radical (unpaired) electrons. The van der Waals surface area contributed by atoms with Crippen molar-refractivity contribution in [3.05, 3.63) is 105 Å². The summed E-state index contributed by atoms with van der Waals surface area (Å²) in [5.41, 5.74) is 5.43. The highest BCUT2D eigenvalue weighted by atomic mass is 35.5. The summed E-state index contributed by atoms with van der Waals surface area (Å²) in [6.07, 6.45) is 8.36. The van der Waals surface area contributed by atoms with Crippen LogP contribution < -0.4 is 0 Å². The van der Waals surface area contributed by atoms with Crippen molar-refractivity contribution in [3.8, 4) is 0 Å². The van der Waals surface area contributed by atoms with Gasteiger partial charge in [-0.3, -0.25) is 0 Å². The van der Waals surface area contributed by atoms with Crippen LogP contribution in [0.3, 0.4) is 0 Å². The van der Waals surface area contributed by atoms with Crippen molar-refractivity contribution in [2.45, 2.75) is 0 Å². The molecule has 0 atom stereocenters. The topological polar surface area (TPSA) is 15.8 Å². The van der Waals surface area contributed by atoms with Gasteiger partial charge in [-0.2, -0.15) is 0 Å². The van der Waals surface area contributed by atoms with Crippen molar-refractivity contribution in [2.75, 3.05) is 0 Å². The normalized spacial score (nSPS) is 11.8. The van der Waals surface area contributed by atoms with Crippen molar-refractivity contribution in [1.82, 2.24) is 4.98 Å². The molecule has 0 spiro atoms. The van der Waals surface area contributed by atoms with Crippen LogP contribution in [0, 0.1) is 0 Å². The number of hydrogen-bond acceptors (Lipinski definition) is 0. The smallest absolute Gasteiger partial charge is 0.0465 e. The van der Waals surface area contributed by atoms with Gasteiger partial charge in [-0.15, -0.1) is 0 Å². The molecule has 1 nitrogen and oxygen atoms in total. The predicted molar refractivity (Wildman–Crippen MR) is 119 cm³/mol. The highest BCUT2D eigenvalue weighted by Gasteiger charge is 2.06. The van der Waals surface area contributed by atoms with Crippen LogP contribution in [0.15, 0.2) is 72.8 Å². The Kier molecular flexibility index (Phi) is 5.15. The third-order valence-corrected chi connectivity index (χ3v) is 4.83. The summed E-state index contributed by atoms with van der Waals surface area (Å²) in [4.78, 5) is 3.50. The molecular formula is C24H17Cl2N. The van der Waals surface area contributed by atoms with Crippen LogP contribution in [-0.4, -0.2) is 4.98 Å². The van der Waals surface area contributed by atoms with E-state index in [1.54, 1.807) is 0 Å². The van der Waals surface area contributed by atoms with Crippen molar-refractivity contribution in [2.24, 2.45) is 0 Å². The molecule has 27 heavy (non-hydrogen) atoms. The van der Waals surface area contributed by atoms with Gasteiger partial charge < -0.3 is 4.98 Å². The number of nitrogens with one attached hydrogen (secondary N) is 1. The minimum atomic E-state index is 0.731. The Balaban J connectivity index is 1.75. The zero-order valence-corrected chi connectivity index (χ0v) is 16.0. The van der Waals surface area contributed by atoms with E-state index in [9.17, 15) is 0 Å². The molecule has 132 valence electrons. The maximum absolute atomic E-state index is 6.10. The number of halogens is 2. The van der Waals surface area contributed by atoms with Gasteiger partial charge in [0.25, 0.3) is 0 Å². The molecule has 3 heteroatoms. The molecule has 0 saturated heterocycles. The first kappa shape index (κ1) is 17.7.